The first kappa shape index (κ1) is 18.9. The lowest BCUT2D eigenvalue weighted by Crippen LogP contribution is -2.54. The van der Waals surface area contributed by atoms with Gasteiger partial charge in [-0.2, -0.15) is 17.4 Å². The third kappa shape index (κ3) is 5.51. The summed E-state index contributed by atoms with van der Waals surface area (Å²) in [6.07, 6.45) is 5.03. The zero-order valence-electron chi connectivity index (χ0n) is 14.1. The van der Waals surface area contributed by atoms with Crippen LogP contribution in [0, 0.1) is 5.92 Å². The molecule has 1 heterocycles. The average molecular weight is 320 g/mol. The second-order valence-corrected chi connectivity index (χ2v) is 7.71. The molecule has 6 heteroatoms. The summed E-state index contributed by atoms with van der Waals surface area (Å²) in [5.41, 5.74) is 0. The van der Waals surface area contributed by atoms with E-state index in [4.69, 9.17) is 0 Å². The highest BCUT2D eigenvalue weighted by Gasteiger charge is 2.33. The van der Waals surface area contributed by atoms with Crippen LogP contribution in [0.2, 0.25) is 0 Å². The van der Waals surface area contributed by atoms with Gasteiger partial charge in [0, 0.05) is 25.2 Å². The first-order valence-corrected chi connectivity index (χ1v) is 9.90. The second-order valence-electron chi connectivity index (χ2n) is 6.06. The Bertz CT molecular complexity index is 382. The molecular formula is C15H33N3O2S. The second kappa shape index (κ2) is 9.08. The molecule has 5 nitrogen and oxygen atoms in total. The van der Waals surface area contributed by atoms with E-state index in [9.17, 15) is 8.42 Å². The lowest BCUT2D eigenvalue weighted by Gasteiger charge is -2.36. The standard InChI is InChI=1S/C15H33N3O2S/c1-5-14(6-2)13(4)17-21(19,20)18-11-9-8-10-15(18)12-16-7-3/h13-17H,5-12H2,1-4H3. The van der Waals surface area contributed by atoms with Crippen molar-refractivity contribution in [3.8, 4) is 0 Å². The maximum Gasteiger partial charge on any atom is 0.279 e. The van der Waals surface area contributed by atoms with Crippen LogP contribution in [-0.2, 0) is 10.2 Å². The summed E-state index contributed by atoms with van der Waals surface area (Å²) >= 11 is 0. The van der Waals surface area contributed by atoms with E-state index in [0.717, 1.165) is 45.2 Å². The molecule has 0 saturated carbocycles. The van der Waals surface area contributed by atoms with Gasteiger partial charge in [-0.3, -0.25) is 0 Å². The molecule has 0 aromatic rings. The number of nitrogens with zero attached hydrogens (tertiary/aromatic N) is 1. The molecule has 1 saturated heterocycles. The van der Waals surface area contributed by atoms with Gasteiger partial charge in [-0.25, -0.2) is 0 Å². The molecule has 1 fully saturated rings. The first-order chi connectivity index (χ1) is 9.96. The Kier molecular flexibility index (Phi) is 8.16. The molecule has 1 rings (SSSR count). The van der Waals surface area contributed by atoms with Crippen molar-refractivity contribution < 1.29 is 8.42 Å². The molecule has 2 atom stereocenters. The molecule has 2 unspecified atom stereocenters. The van der Waals surface area contributed by atoms with Crippen LogP contribution in [-0.4, -0.2) is 44.4 Å². The van der Waals surface area contributed by atoms with Gasteiger partial charge in [-0.1, -0.05) is 40.0 Å². The monoisotopic (exact) mass is 319 g/mol. The van der Waals surface area contributed by atoms with Gasteiger partial charge < -0.3 is 5.32 Å². The summed E-state index contributed by atoms with van der Waals surface area (Å²) in [6.45, 7) is 10.5. The number of hydrogen-bond acceptors (Lipinski definition) is 3. The van der Waals surface area contributed by atoms with E-state index in [1.54, 1.807) is 4.31 Å². The fraction of sp³-hybridized carbons (Fsp3) is 1.00. The van der Waals surface area contributed by atoms with Crippen LogP contribution in [0.15, 0.2) is 0 Å². The summed E-state index contributed by atoms with van der Waals surface area (Å²) < 4.78 is 30.0. The van der Waals surface area contributed by atoms with E-state index in [2.05, 4.69) is 30.8 Å². The molecule has 126 valence electrons. The fourth-order valence-corrected chi connectivity index (χ4v) is 4.94. The zero-order chi connectivity index (χ0) is 15.9. The SMILES string of the molecule is CCNCC1CCCCN1S(=O)(=O)NC(C)C(CC)CC. The first-order valence-electron chi connectivity index (χ1n) is 8.46. The molecule has 0 aliphatic carbocycles. The van der Waals surface area contributed by atoms with Crippen molar-refractivity contribution in [3.05, 3.63) is 0 Å². The van der Waals surface area contributed by atoms with Crippen LogP contribution in [0.4, 0.5) is 0 Å². The summed E-state index contributed by atoms with van der Waals surface area (Å²) in [4.78, 5) is 0. The summed E-state index contributed by atoms with van der Waals surface area (Å²) in [6, 6.07) is 0.0804. The molecule has 21 heavy (non-hydrogen) atoms. The van der Waals surface area contributed by atoms with E-state index < -0.39 is 10.2 Å². The van der Waals surface area contributed by atoms with Crippen molar-refractivity contribution in [2.75, 3.05) is 19.6 Å². The van der Waals surface area contributed by atoms with Gasteiger partial charge >= 0.3 is 0 Å². The number of piperidine rings is 1. The van der Waals surface area contributed by atoms with E-state index >= 15 is 0 Å². The molecule has 1 aliphatic rings. The molecule has 0 radical (unpaired) electrons. The molecule has 0 aromatic heterocycles. The zero-order valence-corrected chi connectivity index (χ0v) is 14.9. The quantitative estimate of drug-likeness (QED) is 0.684. The van der Waals surface area contributed by atoms with E-state index in [-0.39, 0.29) is 12.1 Å². The number of hydrogen-bond donors (Lipinski definition) is 2. The minimum atomic E-state index is -3.38. The average Bonchev–Trinajstić information content (AvgIpc) is 2.46. The fourth-order valence-electron chi connectivity index (χ4n) is 3.20. The van der Waals surface area contributed by atoms with Crippen molar-refractivity contribution in [1.82, 2.24) is 14.3 Å². The van der Waals surface area contributed by atoms with Crippen molar-refractivity contribution in [2.24, 2.45) is 5.92 Å². The Morgan fingerprint density at radius 1 is 1.19 bits per heavy atom. The molecule has 2 N–H and O–H groups in total. The number of nitrogens with one attached hydrogen (secondary N) is 2. The van der Waals surface area contributed by atoms with Crippen LogP contribution in [0.25, 0.3) is 0 Å². The largest absolute Gasteiger partial charge is 0.315 e. The maximum atomic E-state index is 12.7. The Morgan fingerprint density at radius 2 is 1.86 bits per heavy atom. The minimum absolute atomic E-state index is 0.00768. The number of rotatable bonds is 9. The van der Waals surface area contributed by atoms with Crippen LogP contribution < -0.4 is 10.0 Å². The van der Waals surface area contributed by atoms with Gasteiger partial charge in [0.1, 0.15) is 0 Å². The van der Waals surface area contributed by atoms with E-state index in [1.807, 2.05) is 6.92 Å². The summed E-state index contributed by atoms with van der Waals surface area (Å²) in [5, 5.41) is 3.28. The van der Waals surface area contributed by atoms with Crippen molar-refractivity contribution >= 4 is 10.2 Å². The van der Waals surface area contributed by atoms with Crippen molar-refractivity contribution in [1.29, 1.82) is 0 Å². The Labute approximate surface area is 131 Å². The Balaban J connectivity index is 2.73. The number of likely N-dealkylation sites (N-methyl/N-ethyl adjacent to an activating group) is 1. The van der Waals surface area contributed by atoms with E-state index in [0.29, 0.717) is 12.5 Å². The minimum Gasteiger partial charge on any atom is -0.315 e. The molecule has 0 spiro atoms. The highest BCUT2D eigenvalue weighted by Crippen LogP contribution is 2.21. The highest BCUT2D eigenvalue weighted by atomic mass is 32.2. The molecular weight excluding hydrogens is 286 g/mol. The predicted molar refractivity (Wildman–Crippen MR) is 88.5 cm³/mol. The van der Waals surface area contributed by atoms with Gasteiger partial charge in [0.2, 0.25) is 0 Å². The topological polar surface area (TPSA) is 61.4 Å². The van der Waals surface area contributed by atoms with Crippen molar-refractivity contribution in [2.45, 2.75) is 71.9 Å². The lowest BCUT2D eigenvalue weighted by atomic mass is 9.96. The normalized spacial score (nSPS) is 22.6. The predicted octanol–water partition coefficient (Wildman–Crippen LogP) is 2.11. The van der Waals surface area contributed by atoms with Crippen LogP contribution in [0.1, 0.15) is 59.8 Å². The van der Waals surface area contributed by atoms with Gasteiger partial charge in [-0.05, 0) is 32.2 Å². The van der Waals surface area contributed by atoms with Gasteiger partial charge in [0.25, 0.3) is 10.2 Å². The third-order valence-electron chi connectivity index (χ3n) is 4.60. The van der Waals surface area contributed by atoms with Crippen molar-refractivity contribution in [3.63, 3.8) is 0 Å². The lowest BCUT2D eigenvalue weighted by molar-refractivity contribution is 0.240. The Morgan fingerprint density at radius 3 is 2.43 bits per heavy atom. The third-order valence-corrected chi connectivity index (χ3v) is 6.37. The molecule has 0 aromatic carbocycles. The summed E-state index contributed by atoms with van der Waals surface area (Å²) in [7, 11) is -3.38. The van der Waals surface area contributed by atoms with Crippen LogP contribution in [0.3, 0.4) is 0 Å². The smallest absolute Gasteiger partial charge is 0.279 e. The van der Waals surface area contributed by atoms with Crippen LogP contribution >= 0.6 is 0 Å². The molecule has 0 amide bonds. The molecule has 0 bridgehead atoms. The van der Waals surface area contributed by atoms with Gasteiger partial charge in [-0.15, -0.1) is 0 Å². The summed E-state index contributed by atoms with van der Waals surface area (Å²) in [5.74, 6) is 0.400. The maximum absolute atomic E-state index is 12.7. The molecule has 1 aliphatic heterocycles. The van der Waals surface area contributed by atoms with Gasteiger partial charge in [0.15, 0.2) is 0 Å². The van der Waals surface area contributed by atoms with Gasteiger partial charge in [0.05, 0.1) is 0 Å². The van der Waals surface area contributed by atoms with E-state index in [1.165, 1.54) is 0 Å². The Hall–Kier alpha value is -0.170. The highest BCUT2D eigenvalue weighted by molar-refractivity contribution is 7.87. The van der Waals surface area contributed by atoms with Crippen LogP contribution in [0.5, 0.6) is 0 Å².